The summed E-state index contributed by atoms with van der Waals surface area (Å²) in [6, 6.07) is 5.28. The van der Waals surface area contributed by atoms with Crippen LogP contribution in [0.5, 0.6) is 0 Å². The molecule has 0 saturated carbocycles. The third-order valence-electron chi connectivity index (χ3n) is 3.87. The maximum Gasteiger partial charge on any atom is 0.0346 e. The Morgan fingerprint density at radius 1 is 0.944 bits per heavy atom. The zero-order chi connectivity index (χ0) is 13.7. The number of hydrogen-bond donors (Lipinski definition) is 1. The van der Waals surface area contributed by atoms with Crippen LogP contribution in [0.15, 0.2) is 12.1 Å². The fourth-order valence-electron chi connectivity index (χ4n) is 2.85. The van der Waals surface area contributed by atoms with Gasteiger partial charge in [0, 0.05) is 6.04 Å². The van der Waals surface area contributed by atoms with Crippen molar-refractivity contribution in [2.45, 2.75) is 59.9 Å². The van der Waals surface area contributed by atoms with E-state index in [1.54, 1.807) is 5.56 Å². The Morgan fingerprint density at radius 3 is 1.72 bits per heavy atom. The van der Waals surface area contributed by atoms with Crippen molar-refractivity contribution in [3.05, 3.63) is 34.4 Å². The van der Waals surface area contributed by atoms with E-state index in [1.165, 1.54) is 16.7 Å². The zero-order valence-corrected chi connectivity index (χ0v) is 12.9. The van der Waals surface area contributed by atoms with Gasteiger partial charge in [0.1, 0.15) is 0 Å². The highest BCUT2D eigenvalue weighted by molar-refractivity contribution is 5.42. The molecular formula is C17H29N. The molecule has 1 aromatic rings. The van der Waals surface area contributed by atoms with Gasteiger partial charge in [-0.2, -0.15) is 0 Å². The van der Waals surface area contributed by atoms with Crippen LogP contribution in [0.2, 0.25) is 0 Å². The van der Waals surface area contributed by atoms with E-state index in [0.717, 1.165) is 19.3 Å². The Morgan fingerprint density at radius 2 is 1.44 bits per heavy atom. The molecule has 102 valence electrons. The van der Waals surface area contributed by atoms with Crippen LogP contribution >= 0.6 is 0 Å². The molecule has 0 aliphatic rings. The molecule has 1 atom stereocenters. The van der Waals surface area contributed by atoms with Crippen LogP contribution in [-0.2, 0) is 19.3 Å². The summed E-state index contributed by atoms with van der Waals surface area (Å²) in [7, 11) is 2.08. The lowest BCUT2D eigenvalue weighted by Crippen LogP contribution is -2.24. The zero-order valence-electron chi connectivity index (χ0n) is 12.9. The van der Waals surface area contributed by atoms with Crippen LogP contribution in [0.3, 0.4) is 0 Å². The van der Waals surface area contributed by atoms with Gasteiger partial charge in [0.15, 0.2) is 0 Å². The van der Waals surface area contributed by atoms with Gasteiger partial charge >= 0.3 is 0 Å². The SMILES string of the molecule is CCc1cc(CC)c(C(NC)C(C)C)c(CC)c1. The molecule has 1 N–H and O–H groups in total. The molecule has 1 aromatic carbocycles. The number of benzene rings is 1. The Hall–Kier alpha value is -0.820. The van der Waals surface area contributed by atoms with Crippen LogP contribution in [0.25, 0.3) is 0 Å². The lowest BCUT2D eigenvalue weighted by Gasteiger charge is -2.27. The first-order chi connectivity index (χ1) is 8.58. The first kappa shape index (κ1) is 15.2. The summed E-state index contributed by atoms with van der Waals surface area (Å²) in [6.45, 7) is 11.4. The van der Waals surface area contributed by atoms with Crippen LogP contribution in [0, 0.1) is 5.92 Å². The number of hydrogen-bond acceptors (Lipinski definition) is 1. The van der Waals surface area contributed by atoms with Crippen molar-refractivity contribution in [1.29, 1.82) is 0 Å². The third kappa shape index (κ3) is 3.14. The highest BCUT2D eigenvalue weighted by atomic mass is 14.9. The number of rotatable bonds is 6. The molecule has 0 aliphatic heterocycles. The minimum atomic E-state index is 0.473. The van der Waals surface area contributed by atoms with Crippen molar-refractivity contribution in [2.24, 2.45) is 5.92 Å². The molecule has 0 aliphatic carbocycles. The largest absolute Gasteiger partial charge is 0.313 e. The molecule has 1 heteroatoms. The molecule has 0 amide bonds. The second-order valence-corrected chi connectivity index (χ2v) is 5.40. The topological polar surface area (TPSA) is 12.0 Å². The van der Waals surface area contributed by atoms with E-state index in [9.17, 15) is 0 Å². The summed E-state index contributed by atoms with van der Waals surface area (Å²) in [5.74, 6) is 0.623. The van der Waals surface area contributed by atoms with Crippen LogP contribution < -0.4 is 5.32 Å². The molecule has 1 unspecified atom stereocenters. The normalized spacial score (nSPS) is 13.1. The summed E-state index contributed by atoms with van der Waals surface area (Å²) in [5.41, 5.74) is 6.08. The van der Waals surface area contributed by atoms with Crippen molar-refractivity contribution in [3.63, 3.8) is 0 Å². The predicted molar refractivity (Wildman–Crippen MR) is 81.2 cm³/mol. The van der Waals surface area contributed by atoms with Gasteiger partial charge in [0.2, 0.25) is 0 Å². The van der Waals surface area contributed by atoms with Crippen molar-refractivity contribution >= 4 is 0 Å². The number of nitrogens with one attached hydrogen (secondary N) is 1. The Kier molecular flexibility index (Phi) is 5.87. The minimum absolute atomic E-state index is 0.473. The van der Waals surface area contributed by atoms with E-state index >= 15 is 0 Å². The molecule has 0 spiro atoms. The van der Waals surface area contributed by atoms with Crippen molar-refractivity contribution in [2.75, 3.05) is 7.05 Å². The molecule has 0 bridgehead atoms. The lowest BCUT2D eigenvalue weighted by atomic mass is 9.85. The summed E-state index contributed by atoms with van der Waals surface area (Å²) < 4.78 is 0. The van der Waals surface area contributed by atoms with E-state index in [1.807, 2.05) is 0 Å². The third-order valence-corrected chi connectivity index (χ3v) is 3.87. The first-order valence-corrected chi connectivity index (χ1v) is 7.40. The van der Waals surface area contributed by atoms with E-state index < -0.39 is 0 Å². The second-order valence-electron chi connectivity index (χ2n) is 5.40. The summed E-state index contributed by atoms with van der Waals surface area (Å²) in [6.07, 6.45) is 3.38. The van der Waals surface area contributed by atoms with Gasteiger partial charge in [-0.05, 0) is 54.5 Å². The maximum atomic E-state index is 3.50. The van der Waals surface area contributed by atoms with Gasteiger partial charge in [-0.25, -0.2) is 0 Å². The molecule has 0 radical (unpaired) electrons. The summed E-state index contributed by atoms with van der Waals surface area (Å²) >= 11 is 0. The highest BCUT2D eigenvalue weighted by Gasteiger charge is 2.20. The first-order valence-electron chi connectivity index (χ1n) is 7.40. The quantitative estimate of drug-likeness (QED) is 0.790. The average molecular weight is 247 g/mol. The Bertz CT molecular complexity index is 354. The standard InChI is InChI=1S/C17H29N/c1-7-13-10-14(8-2)16(15(9-3)11-13)17(18-6)12(4)5/h10-12,17-18H,7-9H2,1-6H3. The predicted octanol–water partition coefficient (Wildman–Crippen LogP) is 4.29. The molecule has 1 nitrogen and oxygen atoms in total. The van der Waals surface area contributed by atoms with Crippen molar-refractivity contribution in [1.82, 2.24) is 5.32 Å². The maximum absolute atomic E-state index is 3.50. The van der Waals surface area contributed by atoms with Gasteiger partial charge in [0.05, 0.1) is 0 Å². The molecule has 0 aromatic heterocycles. The fourth-order valence-corrected chi connectivity index (χ4v) is 2.85. The summed E-state index contributed by atoms with van der Waals surface area (Å²) in [5, 5.41) is 3.50. The van der Waals surface area contributed by atoms with Crippen molar-refractivity contribution < 1.29 is 0 Å². The molecule has 0 heterocycles. The molecular weight excluding hydrogens is 218 g/mol. The Labute approximate surface area is 113 Å². The summed E-state index contributed by atoms with van der Waals surface area (Å²) in [4.78, 5) is 0. The van der Waals surface area contributed by atoms with Crippen LogP contribution in [0.1, 0.15) is 62.9 Å². The van der Waals surface area contributed by atoms with Gasteiger partial charge in [0.25, 0.3) is 0 Å². The van der Waals surface area contributed by atoms with E-state index in [-0.39, 0.29) is 0 Å². The van der Waals surface area contributed by atoms with Gasteiger partial charge in [-0.3, -0.25) is 0 Å². The van der Waals surface area contributed by atoms with Gasteiger partial charge in [-0.1, -0.05) is 46.8 Å². The van der Waals surface area contributed by atoms with Crippen LogP contribution in [0.4, 0.5) is 0 Å². The Balaban J connectivity index is 3.38. The minimum Gasteiger partial charge on any atom is -0.313 e. The van der Waals surface area contributed by atoms with E-state index in [0.29, 0.717) is 12.0 Å². The molecule has 0 fully saturated rings. The molecule has 0 saturated heterocycles. The van der Waals surface area contributed by atoms with E-state index in [4.69, 9.17) is 0 Å². The molecule has 1 rings (SSSR count). The van der Waals surface area contributed by atoms with Gasteiger partial charge < -0.3 is 5.32 Å². The number of aryl methyl sites for hydroxylation is 3. The van der Waals surface area contributed by atoms with E-state index in [2.05, 4.69) is 59.1 Å². The van der Waals surface area contributed by atoms with Crippen molar-refractivity contribution in [3.8, 4) is 0 Å². The smallest absolute Gasteiger partial charge is 0.0346 e. The second kappa shape index (κ2) is 6.94. The van der Waals surface area contributed by atoms with Crippen LogP contribution in [-0.4, -0.2) is 7.05 Å². The van der Waals surface area contributed by atoms with Gasteiger partial charge in [-0.15, -0.1) is 0 Å². The fraction of sp³-hybridized carbons (Fsp3) is 0.647. The molecule has 18 heavy (non-hydrogen) atoms. The highest BCUT2D eigenvalue weighted by Crippen LogP contribution is 2.30. The monoisotopic (exact) mass is 247 g/mol. The average Bonchev–Trinajstić information content (AvgIpc) is 2.38. The lowest BCUT2D eigenvalue weighted by molar-refractivity contribution is 0.437.